The molecule has 10 nitrogen and oxygen atoms in total. The molecule has 2 aromatic heterocycles. The standard InChI is InChI=1S/C23H29N5O5S/c1-23(2,3)32-22(29)33-28-8-7-14-15(13-28)25-20(24-14)21-26-18-17(30-4)6-5-16(19(18)34-21)27-9-11-31-12-10-27/h5-6H,7-13H2,1-4H3,(H,24,25). The van der Waals surface area contributed by atoms with Gasteiger partial charge in [-0.3, -0.25) is 0 Å². The number of anilines is 1. The number of aromatic amines is 1. The fourth-order valence-corrected chi connectivity index (χ4v) is 5.18. The van der Waals surface area contributed by atoms with Crippen LogP contribution >= 0.6 is 11.3 Å². The minimum atomic E-state index is -0.704. The second-order valence-electron chi connectivity index (χ2n) is 9.26. The zero-order valence-electron chi connectivity index (χ0n) is 19.8. The molecule has 1 saturated heterocycles. The van der Waals surface area contributed by atoms with E-state index in [4.69, 9.17) is 29.0 Å². The number of carbonyl (C=O) groups is 1. The van der Waals surface area contributed by atoms with Gasteiger partial charge in [-0.15, -0.1) is 16.4 Å². The Kier molecular flexibility index (Phi) is 6.09. The van der Waals surface area contributed by atoms with E-state index in [0.29, 0.717) is 38.5 Å². The minimum absolute atomic E-state index is 0.412. The molecular formula is C23H29N5O5S. The number of hydrogen-bond donors (Lipinski definition) is 1. The van der Waals surface area contributed by atoms with Crippen LogP contribution in [0.1, 0.15) is 32.2 Å². The number of aromatic nitrogens is 3. The SMILES string of the molecule is COc1ccc(N2CCOCC2)c2sc(-c3nc4c([nH]3)CN(OC(=O)OC(C)(C)C)CC4)nc12. The lowest BCUT2D eigenvalue weighted by atomic mass is 10.2. The molecule has 182 valence electrons. The number of H-pyrrole nitrogens is 1. The Bertz CT molecular complexity index is 1190. The number of hydrogen-bond acceptors (Lipinski definition) is 10. The van der Waals surface area contributed by atoms with E-state index in [1.165, 1.54) is 0 Å². The summed E-state index contributed by atoms with van der Waals surface area (Å²) in [5.41, 5.74) is 3.22. The largest absolute Gasteiger partial charge is 0.528 e. The summed E-state index contributed by atoms with van der Waals surface area (Å²) in [5.74, 6) is 1.45. The number of benzene rings is 1. The summed E-state index contributed by atoms with van der Waals surface area (Å²) in [4.78, 5) is 32.8. The molecule has 1 fully saturated rings. The number of ether oxygens (including phenoxy) is 3. The quantitative estimate of drug-likeness (QED) is 0.551. The van der Waals surface area contributed by atoms with E-state index in [1.807, 2.05) is 6.07 Å². The number of thiazole rings is 1. The van der Waals surface area contributed by atoms with Crippen molar-refractivity contribution in [1.29, 1.82) is 0 Å². The van der Waals surface area contributed by atoms with Crippen LogP contribution in [0.5, 0.6) is 5.75 Å². The Morgan fingerprint density at radius 2 is 1.97 bits per heavy atom. The normalized spacial score (nSPS) is 17.0. The van der Waals surface area contributed by atoms with Gasteiger partial charge >= 0.3 is 6.16 Å². The van der Waals surface area contributed by atoms with Crippen LogP contribution in [0.2, 0.25) is 0 Å². The Balaban J connectivity index is 1.40. The van der Waals surface area contributed by atoms with Gasteiger partial charge in [0.25, 0.3) is 0 Å². The first-order valence-corrected chi connectivity index (χ1v) is 12.2. The van der Waals surface area contributed by atoms with Crippen LogP contribution in [0.3, 0.4) is 0 Å². The molecule has 34 heavy (non-hydrogen) atoms. The van der Waals surface area contributed by atoms with Crippen molar-refractivity contribution in [3.05, 3.63) is 23.5 Å². The molecule has 0 unspecified atom stereocenters. The van der Waals surface area contributed by atoms with E-state index in [2.05, 4.69) is 16.0 Å². The molecule has 0 bridgehead atoms. The summed E-state index contributed by atoms with van der Waals surface area (Å²) in [7, 11) is 1.66. The van der Waals surface area contributed by atoms with Gasteiger partial charge in [0.2, 0.25) is 0 Å². The Hall–Kier alpha value is -2.89. The molecule has 0 radical (unpaired) electrons. The molecule has 3 aromatic rings. The predicted molar refractivity (Wildman–Crippen MR) is 128 cm³/mol. The van der Waals surface area contributed by atoms with Crippen LogP contribution in [0.15, 0.2) is 12.1 Å². The number of nitrogens with one attached hydrogen (secondary N) is 1. The molecule has 1 aromatic carbocycles. The highest BCUT2D eigenvalue weighted by atomic mass is 32.1. The van der Waals surface area contributed by atoms with Crippen molar-refractivity contribution >= 4 is 33.4 Å². The highest BCUT2D eigenvalue weighted by Gasteiger charge is 2.27. The van der Waals surface area contributed by atoms with Crippen LogP contribution in [0, 0.1) is 0 Å². The van der Waals surface area contributed by atoms with Crippen LogP contribution in [0.25, 0.3) is 21.0 Å². The fourth-order valence-electron chi connectivity index (χ4n) is 4.11. The van der Waals surface area contributed by atoms with E-state index >= 15 is 0 Å². The highest BCUT2D eigenvalue weighted by molar-refractivity contribution is 7.22. The van der Waals surface area contributed by atoms with Crippen molar-refractivity contribution in [1.82, 2.24) is 20.0 Å². The third kappa shape index (κ3) is 4.68. The Morgan fingerprint density at radius 3 is 2.71 bits per heavy atom. The van der Waals surface area contributed by atoms with E-state index in [0.717, 1.165) is 51.1 Å². The second kappa shape index (κ2) is 9.05. The van der Waals surface area contributed by atoms with Gasteiger partial charge in [-0.2, -0.15) is 0 Å². The maximum absolute atomic E-state index is 12.0. The Labute approximate surface area is 201 Å². The average molecular weight is 488 g/mol. The molecule has 0 aliphatic carbocycles. The van der Waals surface area contributed by atoms with Crippen molar-refractivity contribution in [3.8, 4) is 16.6 Å². The first-order chi connectivity index (χ1) is 16.3. The van der Waals surface area contributed by atoms with Crippen molar-refractivity contribution < 1.29 is 23.8 Å². The number of fused-ring (bicyclic) bond motifs is 2. The molecule has 0 spiro atoms. The summed E-state index contributed by atoms with van der Waals surface area (Å²) in [6.07, 6.45) is -0.0494. The van der Waals surface area contributed by atoms with Gasteiger partial charge in [-0.1, -0.05) is 0 Å². The predicted octanol–water partition coefficient (Wildman–Crippen LogP) is 3.76. The average Bonchev–Trinajstić information content (AvgIpc) is 3.42. The van der Waals surface area contributed by atoms with Crippen LogP contribution in [-0.4, -0.2) is 71.7 Å². The summed E-state index contributed by atoms with van der Waals surface area (Å²) in [5, 5.41) is 2.39. The number of nitrogens with zero attached hydrogens (tertiary/aromatic N) is 4. The number of rotatable bonds is 4. The summed E-state index contributed by atoms with van der Waals surface area (Å²) in [6.45, 7) is 9.50. The van der Waals surface area contributed by atoms with Gasteiger partial charge in [0, 0.05) is 26.1 Å². The van der Waals surface area contributed by atoms with Crippen molar-refractivity contribution in [2.75, 3.05) is 44.9 Å². The van der Waals surface area contributed by atoms with Crippen molar-refractivity contribution in [2.45, 2.75) is 39.3 Å². The zero-order chi connectivity index (χ0) is 23.9. The van der Waals surface area contributed by atoms with E-state index in [-0.39, 0.29) is 0 Å². The Morgan fingerprint density at radius 1 is 1.18 bits per heavy atom. The molecule has 11 heteroatoms. The molecule has 0 saturated carbocycles. The minimum Gasteiger partial charge on any atom is -0.494 e. The van der Waals surface area contributed by atoms with Crippen molar-refractivity contribution in [3.63, 3.8) is 0 Å². The maximum atomic E-state index is 12.0. The molecule has 5 rings (SSSR count). The topological polar surface area (TPSA) is 102 Å². The fraction of sp³-hybridized carbons (Fsp3) is 0.522. The number of imidazole rings is 1. The van der Waals surface area contributed by atoms with Gasteiger partial charge in [0.05, 0.1) is 48.6 Å². The van der Waals surface area contributed by atoms with E-state index < -0.39 is 11.8 Å². The molecule has 1 N–H and O–H groups in total. The van der Waals surface area contributed by atoms with Gasteiger partial charge in [0.15, 0.2) is 10.8 Å². The third-order valence-corrected chi connectivity index (χ3v) is 6.73. The lowest BCUT2D eigenvalue weighted by Crippen LogP contribution is -2.36. The van der Waals surface area contributed by atoms with E-state index in [9.17, 15) is 4.79 Å². The number of hydroxylamine groups is 2. The van der Waals surface area contributed by atoms with Crippen molar-refractivity contribution in [2.24, 2.45) is 0 Å². The lowest BCUT2D eigenvalue weighted by molar-refractivity contribution is -0.151. The number of carbonyl (C=O) groups excluding carboxylic acids is 1. The highest BCUT2D eigenvalue weighted by Crippen LogP contribution is 2.40. The molecular weight excluding hydrogens is 458 g/mol. The molecule has 0 amide bonds. The first-order valence-electron chi connectivity index (χ1n) is 11.3. The first kappa shape index (κ1) is 22.9. The second-order valence-corrected chi connectivity index (χ2v) is 10.3. The van der Waals surface area contributed by atoms with E-state index in [1.54, 1.807) is 44.3 Å². The zero-order valence-corrected chi connectivity index (χ0v) is 20.7. The summed E-state index contributed by atoms with van der Waals surface area (Å²) in [6, 6.07) is 4.06. The third-order valence-electron chi connectivity index (χ3n) is 5.65. The molecule has 4 heterocycles. The lowest BCUT2D eigenvalue weighted by Gasteiger charge is -2.29. The van der Waals surface area contributed by atoms with Gasteiger partial charge in [-0.05, 0) is 32.9 Å². The summed E-state index contributed by atoms with van der Waals surface area (Å²) < 4.78 is 17.4. The molecule has 2 aliphatic heterocycles. The summed E-state index contributed by atoms with van der Waals surface area (Å²) >= 11 is 1.60. The molecule has 0 atom stereocenters. The smallest absolute Gasteiger partial charge is 0.494 e. The number of morpholine rings is 1. The monoisotopic (exact) mass is 487 g/mol. The molecule has 2 aliphatic rings. The van der Waals surface area contributed by atoms with Crippen LogP contribution < -0.4 is 9.64 Å². The van der Waals surface area contributed by atoms with Gasteiger partial charge in [-0.25, -0.2) is 14.8 Å². The van der Waals surface area contributed by atoms with Gasteiger partial charge < -0.3 is 28.9 Å². The maximum Gasteiger partial charge on any atom is 0.528 e. The van der Waals surface area contributed by atoms with Gasteiger partial charge in [0.1, 0.15) is 16.9 Å². The van der Waals surface area contributed by atoms with Crippen LogP contribution in [0.4, 0.5) is 10.5 Å². The van der Waals surface area contributed by atoms with Crippen LogP contribution in [-0.2, 0) is 27.3 Å². The number of methoxy groups -OCH3 is 1.